The van der Waals surface area contributed by atoms with Crippen LogP contribution in [-0.2, 0) is 4.74 Å². The third kappa shape index (κ3) is 5.41. The van der Waals surface area contributed by atoms with Gasteiger partial charge in [-0.2, -0.15) is 0 Å². The molecule has 0 aliphatic heterocycles. The molecule has 1 aromatic rings. The molecule has 1 atom stereocenters. The van der Waals surface area contributed by atoms with E-state index in [4.69, 9.17) is 16.3 Å². The van der Waals surface area contributed by atoms with E-state index < -0.39 is 0 Å². The minimum absolute atomic E-state index is 0.0289. The molecule has 1 nitrogen and oxygen atoms in total. The molecular formula is C16H27ClO. The van der Waals surface area contributed by atoms with Gasteiger partial charge in [0.1, 0.15) is 0 Å². The van der Waals surface area contributed by atoms with Gasteiger partial charge in [-0.25, -0.2) is 0 Å². The number of benzene rings is 1. The maximum absolute atomic E-state index is 6.23. The standard InChI is InChI=1S/C14H21ClO.C2H6/c1-10(2)16-13(14(3,4)5)11-8-6-7-9-12(11)15;1-2/h6-10,13H,1-5H3;1-2H3. The molecule has 0 fully saturated rings. The summed E-state index contributed by atoms with van der Waals surface area (Å²) < 4.78 is 6.00. The predicted octanol–water partition coefficient (Wildman–Crippen LogP) is 5.88. The largest absolute Gasteiger partial charge is 0.370 e. The van der Waals surface area contributed by atoms with Crippen LogP contribution in [0.25, 0.3) is 0 Å². The molecule has 0 aliphatic rings. The van der Waals surface area contributed by atoms with E-state index in [1.165, 1.54) is 0 Å². The highest BCUT2D eigenvalue weighted by Gasteiger charge is 2.29. The van der Waals surface area contributed by atoms with Crippen molar-refractivity contribution >= 4 is 11.6 Å². The van der Waals surface area contributed by atoms with Crippen molar-refractivity contribution in [2.45, 2.75) is 60.7 Å². The first-order chi connectivity index (χ1) is 8.32. The smallest absolute Gasteiger partial charge is 0.0890 e. The molecular weight excluding hydrogens is 244 g/mol. The van der Waals surface area contributed by atoms with Crippen LogP contribution in [0.5, 0.6) is 0 Å². The van der Waals surface area contributed by atoms with E-state index >= 15 is 0 Å². The molecule has 0 aliphatic carbocycles. The first-order valence-corrected chi connectivity index (χ1v) is 7.10. The van der Waals surface area contributed by atoms with Gasteiger partial charge in [-0.3, -0.25) is 0 Å². The summed E-state index contributed by atoms with van der Waals surface area (Å²) in [7, 11) is 0. The Balaban J connectivity index is 0.00000137. The minimum Gasteiger partial charge on any atom is -0.370 e. The normalized spacial score (nSPS) is 12.9. The summed E-state index contributed by atoms with van der Waals surface area (Å²) in [5, 5.41) is 0.781. The first-order valence-electron chi connectivity index (χ1n) is 6.72. The Morgan fingerprint density at radius 2 is 1.56 bits per heavy atom. The average molecular weight is 271 g/mol. The first kappa shape index (κ1) is 17.5. The Bertz CT molecular complexity index is 339. The molecule has 0 saturated carbocycles. The Labute approximate surface area is 118 Å². The topological polar surface area (TPSA) is 9.23 Å². The van der Waals surface area contributed by atoms with Crippen molar-refractivity contribution in [3.63, 3.8) is 0 Å². The highest BCUT2D eigenvalue weighted by Crippen LogP contribution is 2.39. The Hall–Kier alpha value is -0.530. The summed E-state index contributed by atoms with van der Waals surface area (Å²) in [5.74, 6) is 0. The summed E-state index contributed by atoms with van der Waals surface area (Å²) in [6.45, 7) is 14.6. The van der Waals surface area contributed by atoms with Crippen LogP contribution in [0.2, 0.25) is 5.02 Å². The van der Waals surface area contributed by atoms with Crippen LogP contribution in [0.4, 0.5) is 0 Å². The van der Waals surface area contributed by atoms with Crippen molar-refractivity contribution in [1.29, 1.82) is 0 Å². The highest BCUT2D eigenvalue weighted by molar-refractivity contribution is 6.31. The number of hydrogen-bond donors (Lipinski definition) is 0. The molecule has 1 aromatic carbocycles. The Morgan fingerprint density at radius 3 is 1.94 bits per heavy atom. The zero-order valence-corrected chi connectivity index (χ0v) is 13.5. The lowest BCUT2D eigenvalue weighted by atomic mass is 9.84. The van der Waals surface area contributed by atoms with Gasteiger partial charge >= 0.3 is 0 Å². The van der Waals surface area contributed by atoms with E-state index in [-0.39, 0.29) is 17.6 Å². The third-order valence-corrected chi connectivity index (χ3v) is 2.73. The summed E-state index contributed by atoms with van der Waals surface area (Å²) in [5.41, 5.74) is 1.11. The number of rotatable bonds is 3. The van der Waals surface area contributed by atoms with Crippen LogP contribution in [0.15, 0.2) is 24.3 Å². The van der Waals surface area contributed by atoms with Crippen LogP contribution in [0.3, 0.4) is 0 Å². The average Bonchev–Trinajstić information content (AvgIpc) is 2.28. The van der Waals surface area contributed by atoms with Crippen LogP contribution < -0.4 is 0 Å². The SMILES string of the molecule is CC.CC(C)OC(c1ccccc1Cl)C(C)(C)C. The fourth-order valence-electron chi connectivity index (χ4n) is 1.70. The zero-order chi connectivity index (χ0) is 14.3. The lowest BCUT2D eigenvalue weighted by Crippen LogP contribution is -2.24. The van der Waals surface area contributed by atoms with Crippen LogP contribution in [0.1, 0.15) is 60.1 Å². The quantitative estimate of drug-likeness (QED) is 0.666. The van der Waals surface area contributed by atoms with Crippen molar-refractivity contribution in [2.24, 2.45) is 5.41 Å². The third-order valence-electron chi connectivity index (χ3n) is 2.38. The van der Waals surface area contributed by atoms with Gasteiger partial charge < -0.3 is 4.74 Å². The van der Waals surface area contributed by atoms with Gasteiger partial charge in [-0.15, -0.1) is 0 Å². The second kappa shape index (κ2) is 7.81. The summed E-state index contributed by atoms with van der Waals surface area (Å²) in [6.07, 6.45) is 0.224. The van der Waals surface area contributed by atoms with Crippen molar-refractivity contribution in [1.82, 2.24) is 0 Å². The zero-order valence-electron chi connectivity index (χ0n) is 12.8. The van der Waals surface area contributed by atoms with Gasteiger partial charge in [0.05, 0.1) is 12.2 Å². The van der Waals surface area contributed by atoms with E-state index in [2.05, 4.69) is 34.6 Å². The van der Waals surface area contributed by atoms with Crippen molar-refractivity contribution < 1.29 is 4.74 Å². The van der Waals surface area contributed by atoms with Crippen LogP contribution in [0, 0.1) is 5.41 Å². The number of halogens is 1. The predicted molar refractivity (Wildman–Crippen MR) is 81.2 cm³/mol. The van der Waals surface area contributed by atoms with Crippen LogP contribution >= 0.6 is 11.6 Å². The van der Waals surface area contributed by atoms with E-state index in [0.717, 1.165) is 10.6 Å². The maximum Gasteiger partial charge on any atom is 0.0890 e. The van der Waals surface area contributed by atoms with Crippen LogP contribution in [-0.4, -0.2) is 6.10 Å². The van der Waals surface area contributed by atoms with E-state index in [9.17, 15) is 0 Å². The van der Waals surface area contributed by atoms with E-state index in [1.807, 2.05) is 38.1 Å². The van der Waals surface area contributed by atoms with E-state index in [1.54, 1.807) is 0 Å². The number of hydrogen-bond acceptors (Lipinski definition) is 1. The molecule has 2 heteroatoms. The molecule has 18 heavy (non-hydrogen) atoms. The fourth-order valence-corrected chi connectivity index (χ4v) is 1.94. The monoisotopic (exact) mass is 270 g/mol. The van der Waals surface area contributed by atoms with Gasteiger partial charge in [0.25, 0.3) is 0 Å². The summed E-state index contributed by atoms with van der Waals surface area (Å²) in [6, 6.07) is 7.91. The lowest BCUT2D eigenvalue weighted by Gasteiger charge is -2.33. The summed E-state index contributed by atoms with van der Waals surface area (Å²) >= 11 is 6.23. The molecule has 0 saturated heterocycles. The van der Waals surface area contributed by atoms with Gasteiger partial charge in [0.2, 0.25) is 0 Å². The lowest BCUT2D eigenvalue weighted by molar-refractivity contribution is -0.0542. The molecule has 0 N–H and O–H groups in total. The molecule has 1 unspecified atom stereocenters. The van der Waals surface area contributed by atoms with Crippen molar-refractivity contribution in [3.05, 3.63) is 34.9 Å². The molecule has 0 amide bonds. The minimum atomic E-state index is 0.0289. The van der Waals surface area contributed by atoms with Gasteiger partial charge in [0.15, 0.2) is 0 Å². The van der Waals surface area contributed by atoms with Gasteiger partial charge in [-0.1, -0.05) is 64.4 Å². The fraction of sp³-hybridized carbons (Fsp3) is 0.625. The highest BCUT2D eigenvalue weighted by atomic mass is 35.5. The van der Waals surface area contributed by atoms with E-state index in [0.29, 0.717) is 0 Å². The molecule has 0 bridgehead atoms. The molecule has 0 spiro atoms. The maximum atomic E-state index is 6.23. The van der Waals surface area contributed by atoms with Gasteiger partial charge in [-0.05, 0) is 30.9 Å². The van der Waals surface area contributed by atoms with Gasteiger partial charge in [0, 0.05) is 5.02 Å². The second-order valence-corrected chi connectivity index (χ2v) is 5.86. The summed E-state index contributed by atoms with van der Waals surface area (Å²) in [4.78, 5) is 0. The number of ether oxygens (including phenoxy) is 1. The molecule has 104 valence electrons. The molecule has 1 rings (SSSR count). The van der Waals surface area contributed by atoms with Crippen molar-refractivity contribution in [3.8, 4) is 0 Å². The van der Waals surface area contributed by atoms with Crippen molar-refractivity contribution in [2.75, 3.05) is 0 Å². The molecule has 0 heterocycles. The molecule has 0 radical (unpaired) electrons. The second-order valence-electron chi connectivity index (χ2n) is 5.45. The molecule has 0 aromatic heterocycles. The Kier molecular flexibility index (Phi) is 7.58. The Morgan fingerprint density at radius 1 is 1.06 bits per heavy atom.